The van der Waals surface area contributed by atoms with Gasteiger partial charge in [-0.3, -0.25) is 4.79 Å². The average Bonchev–Trinajstić information content (AvgIpc) is 2.85. The van der Waals surface area contributed by atoms with Gasteiger partial charge in [-0.15, -0.1) is 0 Å². The fourth-order valence-electron chi connectivity index (χ4n) is 2.31. The van der Waals surface area contributed by atoms with E-state index in [-0.39, 0.29) is 17.8 Å². The second kappa shape index (κ2) is 5.96. The number of hydrogen-bond acceptors (Lipinski definition) is 2. The molecule has 1 aliphatic heterocycles. The van der Waals surface area contributed by atoms with Crippen LogP contribution in [-0.4, -0.2) is 25.0 Å². The lowest BCUT2D eigenvalue weighted by atomic mass is 10.0. The van der Waals surface area contributed by atoms with E-state index >= 15 is 0 Å². The van der Waals surface area contributed by atoms with Crippen LogP contribution in [0.4, 0.5) is 4.39 Å². The SMILES string of the molecule is CC(NC(=O)Cc1ccc(F)cc1)C1CCNC1. The number of nitrogens with one attached hydrogen (secondary N) is 2. The monoisotopic (exact) mass is 250 g/mol. The molecule has 2 N–H and O–H groups in total. The minimum absolute atomic E-state index is 0.000933. The number of hydrogen-bond donors (Lipinski definition) is 2. The van der Waals surface area contributed by atoms with Crippen molar-refractivity contribution in [3.8, 4) is 0 Å². The van der Waals surface area contributed by atoms with Gasteiger partial charge in [0.1, 0.15) is 5.82 Å². The predicted molar refractivity (Wildman–Crippen MR) is 68.7 cm³/mol. The summed E-state index contributed by atoms with van der Waals surface area (Å²) >= 11 is 0. The number of carbonyl (C=O) groups is 1. The van der Waals surface area contributed by atoms with Crippen molar-refractivity contribution in [3.05, 3.63) is 35.6 Å². The molecule has 0 bridgehead atoms. The van der Waals surface area contributed by atoms with E-state index in [0.717, 1.165) is 25.1 Å². The topological polar surface area (TPSA) is 41.1 Å². The summed E-state index contributed by atoms with van der Waals surface area (Å²) in [5.74, 6) is 0.243. The van der Waals surface area contributed by atoms with Crippen LogP contribution >= 0.6 is 0 Å². The smallest absolute Gasteiger partial charge is 0.224 e. The van der Waals surface area contributed by atoms with Crippen LogP contribution in [0.15, 0.2) is 24.3 Å². The van der Waals surface area contributed by atoms with Crippen molar-refractivity contribution in [3.63, 3.8) is 0 Å². The minimum Gasteiger partial charge on any atom is -0.353 e. The number of rotatable bonds is 4. The number of benzene rings is 1. The lowest BCUT2D eigenvalue weighted by Gasteiger charge is -2.19. The van der Waals surface area contributed by atoms with E-state index in [0.29, 0.717) is 12.3 Å². The van der Waals surface area contributed by atoms with E-state index in [9.17, 15) is 9.18 Å². The average molecular weight is 250 g/mol. The Morgan fingerprint density at radius 2 is 2.22 bits per heavy atom. The summed E-state index contributed by atoms with van der Waals surface area (Å²) in [7, 11) is 0. The molecule has 1 saturated heterocycles. The van der Waals surface area contributed by atoms with Gasteiger partial charge in [0.15, 0.2) is 0 Å². The van der Waals surface area contributed by atoms with E-state index < -0.39 is 0 Å². The summed E-state index contributed by atoms with van der Waals surface area (Å²) in [5, 5.41) is 6.30. The number of halogens is 1. The Morgan fingerprint density at radius 3 is 2.83 bits per heavy atom. The normalized spacial score (nSPS) is 20.7. The van der Waals surface area contributed by atoms with E-state index in [1.165, 1.54) is 12.1 Å². The summed E-state index contributed by atoms with van der Waals surface area (Å²) in [6, 6.07) is 6.25. The number of carbonyl (C=O) groups excluding carboxylic acids is 1. The second-order valence-corrected chi connectivity index (χ2v) is 4.91. The maximum Gasteiger partial charge on any atom is 0.224 e. The first-order valence-corrected chi connectivity index (χ1v) is 6.39. The van der Waals surface area contributed by atoms with Crippen LogP contribution in [0.25, 0.3) is 0 Å². The van der Waals surface area contributed by atoms with Gasteiger partial charge in [0, 0.05) is 6.04 Å². The predicted octanol–water partition coefficient (Wildman–Crippen LogP) is 1.48. The van der Waals surface area contributed by atoms with Crippen LogP contribution in [0.5, 0.6) is 0 Å². The third-order valence-corrected chi connectivity index (χ3v) is 3.47. The summed E-state index contributed by atoms with van der Waals surface area (Å²) in [4.78, 5) is 11.8. The molecule has 1 aliphatic rings. The molecule has 0 saturated carbocycles. The summed E-state index contributed by atoms with van der Waals surface area (Å²) in [6.07, 6.45) is 1.42. The van der Waals surface area contributed by atoms with Gasteiger partial charge in [0.05, 0.1) is 6.42 Å². The quantitative estimate of drug-likeness (QED) is 0.850. The lowest BCUT2D eigenvalue weighted by molar-refractivity contribution is -0.121. The molecule has 2 atom stereocenters. The number of amides is 1. The summed E-state index contributed by atoms with van der Waals surface area (Å²) < 4.78 is 12.7. The van der Waals surface area contributed by atoms with Crippen molar-refractivity contribution in [1.82, 2.24) is 10.6 Å². The maximum absolute atomic E-state index is 12.7. The van der Waals surface area contributed by atoms with Gasteiger partial charge in [-0.1, -0.05) is 12.1 Å². The molecule has 0 spiro atoms. The van der Waals surface area contributed by atoms with Crippen LogP contribution in [0.3, 0.4) is 0 Å². The van der Waals surface area contributed by atoms with Gasteiger partial charge in [-0.05, 0) is 50.0 Å². The van der Waals surface area contributed by atoms with Crippen molar-refractivity contribution < 1.29 is 9.18 Å². The first-order valence-electron chi connectivity index (χ1n) is 6.39. The van der Waals surface area contributed by atoms with Gasteiger partial charge < -0.3 is 10.6 Å². The molecule has 0 aromatic heterocycles. The van der Waals surface area contributed by atoms with Gasteiger partial charge in [0.2, 0.25) is 5.91 Å². The van der Waals surface area contributed by atoms with Gasteiger partial charge in [0.25, 0.3) is 0 Å². The fourth-order valence-corrected chi connectivity index (χ4v) is 2.31. The van der Waals surface area contributed by atoms with Gasteiger partial charge >= 0.3 is 0 Å². The highest BCUT2D eigenvalue weighted by Crippen LogP contribution is 2.12. The highest BCUT2D eigenvalue weighted by atomic mass is 19.1. The van der Waals surface area contributed by atoms with Crippen molar-refractivity contribution >= 4 is 5.91 Å². The Balaban J connectivity index is 1.82. The molecule has 1 heterocycles. The molecule has 98 valence electrons. The largest absolute Gasteiger partial charge is 0.353 e. The molecule has 1 amide bonds. The van der Waals surface area contributed by atoms with Crippen molar-refractivity contribution in [2.45, 2.75) is 25.8 Å². The zero-order chi connectivity index (χ0) is 13.0. The first kappa shape index (κ1) is 13.0. The van der Waals surface area contributed by atoms with E-state index in [2.05, 4.69) is 10.6 Å². The van der Waals surface area contributed by atoms with Crippen molar-refractivity contribution in [2.24, 2.45) is 5.92 Å². The molecule has 2 rings (SSSR count). The van der Waals surface area contributed by atoms with Crippen molar-refractivity contribution in [2.75, 3.05) is 13.1 Å². The highest BCUT2D eigenvalue weighted by molar-refractivity contribution is 5.78. The van der Waals surface area contributed by atoms with Crippen LogP contribution in [0, 0.1) is 11.7 Å². The molecule has 3 nitrogen and oxygen atoms in total. The first-order chi connectivity index (χ1) is 8.65. The van der Waals surface area contributed by atoms with E-state index in [4.69, 9.17) is 0 Å². The molecule has 1 fully saturated rings. The third-order valence-electron chi connectivity index (χ3n) is 3.47. The Hall–Kier alpha value is -1.42. The molecule has 0 radical (unpaired) electrons. The maximum atomic E-state index is 12.7. The molecular weight excluding hydrogens is 231 g/mol. The van der Waals surface area contributed by atoms with Crippen LogP contribution in [0.1, 0.15) is 18.9 Å². The third kappa shape index (κ3) is 3.53. The van der Waals surface area contributed by atoms with Crippen LogP contribution in [0.2, 0.25) is 0 Å². The van der Waals surface area contributed by atoms with E-state index in [1.807, 2.05) is 6.92 Å². The lowest BCUT2D eigenvalue weighted by Crippen LogP contribution is -2.39. The second-order valence-electron chi connectivity index (χ2n) is 4.91. The molecule has 2 unspecified atom stereocenters. The molecule has 0 aliphatic carbocycles. The fraction of sp³-hybridized carbons (Fsp3) is 0.500. The molecule has 4 heteroatoms. The Labute approximate surface area is 107 Å². The van der Waals surface area contributed by atoms with Gasteiger partial charge in [-0.2, -0.15) is 0 Å². The van der Waals surface area contributed by atoms with Crippen LogP contribution < -0.4 is 10.6 Å². The molecular formula is C14H19FN2O. The molecule has 1 aromatic rings. The molecule has 1 aromatic carbocycles. The summed E-state index contributed by atoms with van der Waals surface area (Å²) in [5.41, 5.74) is 0.839. The Bertz CT molecular complexity index is 399. The van der Waals surface area contributed by atoms with E-state index in [1.54, 1.807) is 12.1 Å². The highest BCUT2D eigenvalue weighted by Gasteiger charge is 2.22. The zero-order valence-electron chi connectivity index (χ0n) is 10.6. The summed E-state index contributed by atoms with van der Waals surface area (Å²) in [6.45, 7) is 4.04. The Kier molecular flexibility index (Phi) is 4.31. The Morgan fingerprint density at radius 1 is 1.50 bits per heavy atom. The standard InChI is InChI=1S/C14H19FN2O/c1-10(12-6-7-16-9-12)17-14(18)8-11-2-4-13(15)5-3-11/h2-5,10,12,16H,6-9H2,1H3,(H,17,18). The van der Waals surface area contributed by atoms with Crippen molar-refractivity contribution in [1.29, 1.82) is 0 Å². The minimum atomic E-state index is -0.274. The van der Waals surface area contributed by atoms with Gasteiger partial charge in [-0.25, -0.2) is 4.39 Å². The molecule has 18 heavy (non-hydrogen) atoms. The van der Waals surface area contributed by atoms with Crippen LogP contribution in [-0.2, 0) is 11.2 Å². The zero-order valence-corrected chi connectivity index (χ0v) is 10.6.